The van der Waals surface area contributed by atoms with Crippen molar-refractivity contribution >= 4 is 10.8 Å². The fourth-order valence-electron chi connectivity index (χ4n) is 1.67. The van der Waals surface area contributed by atoms with Crippen molar-refractivity contribution in [2.45, 2.75) is 37.4 Å². The molecule has 0 amide bonds. The van der Waals surface area contributed by atoms with E-state index in [1.54, 1.807) is 0 Å². The van der Waals surface area contributed by atoms with E-state index in [4.69, 9.17) is 0 Å². The summed E-state index contributed by atoms with van der Waals surface area (Å²) >= 11 is 0. The fraction of sp³-hybridized carbons (Fsp3) is 0.538. The largest absolute Gasteiger partial charge is 0.416 e. The van der Waals surface area contributed by atoms with Crippen LogP contribution in [0.3, 0.4) is 0 Å². The Labute approximate surface area is 113 Å². The summed E-state index contributed by atoms with van der Waals surface area (Å²) in [5.74, 6) is 0.357. The van der Waals surface area contributed by atoms with Gasteiger partial charge in [0.15, 0.2) is 0 Å². The Balaban J connectivity index is 2.67. The Kier molecular flexibility index (Phi) is 6.00. The van der Waals surface area contributed by atoms with E-state index in [0.717, 1.165) is 18.7 Å². The van der Waals surface area contributed by atoms with Crippen molar-refractivity contribution in [3.05, 3.63) is 29.8 Å². The summed E-state index contributed by atoms with van der Waals surface area (Å²) in [5.41, 5.74) is -0.752. The van der Waals surface area contributed by atoms with Crippen LogP contribution in [0.1, 0.15) is 25.8 Å². The summed E-state index contributed by atoms with van der Waals surface area (Å²) in [4.78, 5) is 0.235. The van der Waals surface area contributed by atoms with Gasteiger partial charge in [-0.2, -0.15) is 13.2 Å². The maximum Gasteiger partial charge on any atom is 0.416 e. The molecule has 0 fully saturated rings. The van der Waals surface area contributed by atoms with Gasteiger partial charge in [0.2, 0.25) is 0 Å². The number of hydrogen-bond donors (Lipinski definition) is 1. The van der Waals surface area contributed by atoms with Crippen LogP contribution in [-0.2, 0) is 17.0 Å². The van der Waals surface area contributed by atoms with Crippen molar-refractivity contribution in [1.29, 1.82) is 0 Å². The smallest absolute Gasteiger partial charge is 0.315 e. The number of benzene rings is 1. The Hall–Kier alpha value is -0.880. The fourth-order valence-corrected chi connectivity index (χ4v) is 2.96. The molecule has 1 rings (SSSR count). The van der Waals surface area contributed by atoms with E-state index in [-0.39, 0.29) is 10.9 Å². The molecule has 0 aliphatic heterocycles. The van der Waals surface area contributed by atoms with Gasteiger partial charge in [-0.3, -0.25) is 4.21 Å². The van der Waals surface area contributed by atoms with E-state index in [9.17, 15) is 17.4 Å². The van der Waals surface area contributed by atoms with E-state index in [2.05, 4.69) is 5.32 Å². The summed E-state index contributed by atoms with van der Waals surface area (Å²) < 4.78 is 49.6. The zero-order valence-corrected chi connectivity index (χ0v) is 11.8. The number of nitrogens with one attached hydrogen (secondary N) is 1. The summed E-state index contributed by atoms with van der Waals surface area (Å²) in [6.45, 7) is 4.75. The molecule has 1 aromatic carbocycles. The Morgan fingerprint density at radius 3 is 2.63 bits per heavy atom. The lowest BCUT2D eigenvalue weighted by atomic mass is 10.2. The predicted molar refractivity (Wildman–Crippen MR) is 70.5 cm³/mol. The van der Waals surface area contributed by atoms with Crippen LogP contribution in [0.4, 0.5) is 13.2 Å². The monoisotopic (exact) mass is 293 g/mol. The standard InChI is InChI=1S/C13H18F3NOS/c1-3-17-10(2)7-8-19(18)12-6-4-5-11(9-12)13(14,15)16/h4-6,9-10,17H,3,7-8H2,1-2H3. The van der Waals surface area contributed by atoms with Crippen molar-refractivity contribution in [2.75, 3.05) is 12.3 Å². The van der Waals surface area contributed by atoms with Crippen molar-refractivity contribution in [1.82, 2.24) is 5.32 Å². The average molecular weight is 293 g/mol. The maximum atomic E-state index is 12.5. The summed E-state index contributed by atoms with van der Waals surface area (Å²) in [6.07, 6.45) is -3.73. The van der Waals surface area contributed by atoms with Crippen LogP contribution >= 0.6 is 0 Å². The maximum absolute atomic E-state index is 12.5. The number of hydrogen-bond acceptors (Lipinski definition) is 2. The topological polar surface area (TPSA) is 29.1 Å². The highest BCUT2D eigenvalue weighted by atomic mass is 32.2. The summed E-state index contributed by atoms with van der Waals surface area (Å²) in [6, 6.07) is 4.93. The lowest BCUT2D eigenvalue weighted by molar-refractivity contribution is -0.137. The minimum absolute atomic E-state index is 0.208. The van der Waals surface area contributed by atoms with Crippen LogP contribution in [0.5, 0.6) is 0 Å². The van der Waals surface area contributed by atoms with Gasteiger partial charge < -0.3 is 5.32 Å². The first kappa shape index (κ1) is 16.2. The van der Waals surface area contributed by atoms with Crippen LogP contribution < -0.4 is 5.32 Å². The minimum atomic E-state index is -4.39. The second-order valence-electron chi connectivity index (χ2n) is 4.32. The molecule has 2 atom stereocenters. The third-order valence-corrected chi connectivity index (χ3v) is 4.10. The molecular formula is C13H18F3NOS. The molecular weight excluding hydrogens is 275 g/mol. The van der Waals surface area contributed by atoms with E-state index < -0.39 is 22.5 Å². The molecule has 1 N–H and O–H groups in total. The zero-order chi connectivity index (χ0) is 14.5. The van der Waals surface area contributed by atoms with Crippen LogP contribution in [0.25, 0.3) is 0 Å². The second kappa shape index (κ2) is 7.05. The van der Waals surface area contributed by atoms with Crippen molar-refractivity contribution in [3.8, 4) is 0 Å². The highest BCUT2D eigenvalue weighted by Crippen LogP contribution is 2.30. The van der Waals surface area contributed by atoms with Crippen LogP contribution in [-0.4, -0.2) is 22.5 Å². The van der Waals surface area contributed by atoms with E-state index >= 15 is 0 Å². The molecule has 0 aliphatic carbocycles. The Morgan fingerprint density at radius 1 is 1.37 bits per heavy atom. The summed E-state index contributed by atoms with van der Waals surface area (Å²) in [7, 11) is -1.39. The van der Waals surface area contributed by atoms with Crippen molar-refractivity contribution in [3.63, 3.8) is 0 Å². The highest BCUT2D eigenvalue weighted by molar-refractivity contribution is 7.85. The van der Waals surface area contributed by atoms with Gasteiger partial charge in [0.1, 0.15) is 0 Å². The number of rotatable bonds is 6. The summed E-state index contributed by atoms with van der Waals surface area (Å²) in [5, 5.41) is 3.17. The molecule has 0 aromatic heterocycles. The molecule has 0 aliphatic rings. The first-order valence-corrected chi connectivity index (χ1v) is 7.45. The second-order valence-corrected chi connectivity index (χ2v) is 5.89. The van der Waals surface area contributed by atoms with E-state index in [0.29, 0.717) is 12.2 Å². The molecule has 2 unspecified atom stereocenters. The molecule has 0 saturated heterocycles. The van der Waals surface area contributed by atoms with E-state index in [1.165, 1.54) is 12.1 Å². The third kappa shape index (κ3) is 5.32. The highest BCUT2D eigenvalue weighted by Gasteiger charge is 2.30. The number of alkyl halides is 3. The van der Waals surface area contributed by atoms with Gasteiger partial charge in [-0.15, -0.1) is 0 Å². The first-order chi connectivity index (χ1) is 8.84. The molecule has 0 saturated carbocycles. The predicted octanol–water partition coefficient (Wildman–Crippen LogP) is 3.20. The molecule has 0 bridgehead atoms. The Bertz CT molecular complexity index is 434. The molecule has 0 heterocycles. The Morgan fingerprint density at radius 2 is 2.05 bits per heavy atom. The van der Waals surface area contributed by atoms with Gasteiger partial charge in [0.05, 0.1) is 16.4 Å². The van der Waals surface area contributed by atoms with E-state index in [1.807, 2.05) is 13.8 Å². The quantitative estimate of drug-likeness (QED) is 0.872. The van der Waals surface area contributed by atoms with Crippen LogP contribution in [0, 0.1) is 0 Å². The van der Waals surface area contributed by atoms with Gasteiger partial charge in [-0.1, -0.05) is 13.0 Å². The normalized spacial score (nSPS) is 15.2. The lowest BCUT2D eigenvalue weighted by Crippen LogP contribution is -2.27. The lowest BCUT2D eigenvalue weighted by Gasteiger charge is -2.12. The minimum Gasteiger partial charge on any atom is -0.315 e. The first-order valence-electron chi connectivity index (χ1n) is 6.13. The van der Waals surface area contributed by atoms with Crippen LogP contribution in [0.15, 0.2) is 29.2 Å². The van der Waals surface area contributed by atoms with Gasteiger partial charge in [-0.05, 0) is 38.1 Å². The molecule has 108 valence electrons. The molecule has 0 radical (unpaired) electrons. The van der Waals surface area contributed by atoms with Gasteiger partial charge >= 0.3 is 6.18 Å². The van der Waals surface area contributed by atoms with Gasteiger partial charge in [0.25, 0.3) is 0 Å². The zero-order valence-electron chi connectivity index (χ0n) is 11.0. The van der Waals surface area contributed by atoms with Crippen molar-refractivity contribution < 1.29 is 17.4 Å². The van der Waals surface area contributed by atoms with Gasteiger partial charge in [-0.25, -0.2) is 0 Å². The molecule has 6 heteroatoms. The molecule has 2 nitrogen and oxygen atoms in total. The SMILES string of the molecule is CCNC(C)CCS(=O)c1cccc(C(F)(F)F)c1. The number of halogens is 3. The molecule has 19 heavy (non-hydrogen) atoms. The van der Waals surface area contributed by atoms with Crippen LogP contribution in [0.2, 0.25) is 0 Å². The van der Waals surface area contributed by atoms with Gasteiger partial charge in [0, 0.05) is 16.7 Å². The molecule has 0 spiro atoms. The average Bonchev–Trinajstić information content (AvgIpc) is 2.35. The van der Waals surface area contributed by atoms with Crippen molar-refractivity contribution in [2.24, 2.45) is 0 Å². The third-order valence-electron chi connectivity index (χ3n) is 2.71. The molecule has 1 aromatic rings.